The van der Waals surface area contributed by atoms with Crippen LogP contribution in [0.2, 0.25) is 0 Å². The van der Waals surface area contributed by atoms with Crippen LogP contribution in [0.5, 0.6) is 0 Å². The van der Waals surface area contributed by atoms with Gasteiger partial charge in [-0.2, -0.15) is 5.10 Å². The van der Waals surface area contributed by atoms with Gasteiger partial charge in [0.1, 0.15) is 0 Å². The molecule has 0 aliphatic carbocycles. The number of nitrogens with zero attached hydrogens (tertiary/aromatic N) is 3. The Bertz CT molecular complexity index is 987. The molecular formula is C23H25N5O2. The molecule has 0 bridgehead atoms. The second-order valence-corrected chi connectivity index (χ2v) is 7.39. The van der Waals surface area contributed by atoms with Gasteiger partial charge in [-0.1, -0.05) is 60.7 Å². The van der Waals surface area contributed by atoms with Crippen molar-refractivity contribution in [3.63, 3.8) is 0 Å². The molecule has 1 unspecified atom stereocenters. The Hall–Kier alpha value is -3.61. The first-order chi connectivity index (χ1) is 14.7. The third-order valence-electron chi connectivity index (χ3n) is 5.15. The zero-order chi connectivity index (χ0) is 20.8. The van der Waals surface area contributed by atoms with Gasteiger partial charge in [0.2, 0.25) is 5.91 Å². The number of carbonyl (C=O) groups excluding carboxylic acids is 2. The molecule has 3 amide bonds. The van der Waals surface area contributed by atoms with Crippen LogP contribution in [0.4, 0.5) is 10.6 Å². The van der Waals surface area contributed by atoms with Crippen LogP contribution in [-0.4, -0.2) is 39.7 Å². The fourth-order valence-electron chi connectivity index (χ4n) is 3.63. The Morgan fingerprint density at radius 3 is 2.47 bits per heavy atom. The van der Waals surface area contributed by atoms with Crippen molar-refractivity contribution in [3.05, 3.63) is 84.1 Å². The Labute approximate surface area is 175 Å². The van der Waals surface area contributed by atoms with Gasteiger partial charge in [0.25, 0.3) is 0 Å². The fraction of sp³-hybridized carbons (Fsp3) is 0.261. The monoisotopic (exact) mass is 403 g/mol. The molecule has 1 saturated heterocycles. The molecule has 2 heterocycles. The number of amides is 3. The SMILES string of the molecule is O=C(Nc1ccn(Cc2ccccc2)n1)NC(CN1CCCC1=O)c1ccccc1. The highest BCUT2D eigenvalue weighted by Crippen LogP contribution is 2.19. The Kier molecular flexibility index (Phi) is 6.08. The number of rotatable bonds is 7. The lowest BCUT2D eigenvalue weighted by Crippen LogP contribution is -2.40. The van der Waals surface area contributed by atoms with Crippen LogP contribution in [0, 0.1) is 0 Å². The van der Waals surface area contributed by atoms with Crippen molar-refractivity contribution >= 4 is 17.8 Å². The molecule has 2 N–H and O–H groups in total. The number of nitrogens with one attached hydrogen (secondary N) is 2. The number of hydrogen-bond donors (Lipinski definition) is 2. The molecule has 30 heavy (non-hydrogen) atoms. The number of carbonyl (C=O) groups is 2. The van der Waals surface area contributed by atoms with Crippen LogP contribution in [0.15, 0.2) is 72.9 Å². The zero-order valence-electron chi connectivity index (χ0n) is 16.7. The summed E-state index contributed by atoms with van der Waals surface area (Å²) in [6.45, 7) is 1.82. The van der Waals surface area contributed by atoms with Crippen molar-refractivity contribution in [3.8, 4) is 0 Å². The van der Waals surface area contributed by atoms with Gasteiger partial charge in [-0.3, -0.25) is 14.8 Å². The summed E-state index contributed by atoms with van der Waals surface area (Å²) >= 11 is 0. The van der Waals surface area contributed by atoms with E-state index >= 15 is 0 Å². The number of hydrogen-bond acceptors (Lipinski definition) is 3. The number of anilines is 1. The van der Waals surface area contributed by atoms with E-state index < -0.39 is 0 Å². The minimum absolute atomic E-state index is 0.137. The van der Waals surface area contributed by atoms with Gasteiger partial charge >= 0.3 is 6.03 Å². The molecular weight excluding hydrogens is 378 g/mol. The topological polar surface area (TPSA) is 79.3 Å². The van der Waals surface area contributed by atoms with Gasteiger partial charge in [-0.15, -0.1) is 0 Å². The first-order valence-electron chi connectivity index (χ1n) is 10.1. The molecule has 1 aliphatic heterocycles. The maximum absolute atomic E-state index is 12.6. The predicted octanol–water partition coefficient (Wildman–Crippen LogP) is 3.42. The van der Waals surface area contributed by atoms with E-state index in [9.17, 15) is 9.59 Å². The van der Waals surface area contributed by atoms with Gasteiger partial charge < -0.3 is 10.2 Å². The predicted molar refractivity (Wildman–Crippen MR) is 115 cm³/mol. The summed E-state index contributed by atoms with van der Waals surface area (Å²) in [5.41, 5.74) is 2.10. The third-order valence-corrected chi connectivity index (χ3v) is 5.15. The summed E-state index contributed by atoms with van der Waals surface area (Å²) in [6, 6.07) is 20.9. The van der Waals surface area contributed by atoms with Crippen molar-refractivity contribution in [2.75, 3.05) is 18.4 Å². The molecule has 7 nitrogen and oxygen atoms in total. The summed E-state index contributed by atoms with van der Waals surface area (Å²) in [4.78, 5) is 26.5. The lowest BCUT2D eigenvalue weighted by Gasteiger charge is -2.25. The summed E-state index contributed by atoms with van der Waals surface area (Å²) in [7, 11) is 0. The largest absolute Gasteiger partial charge is 0.340 e. The number of benzene rings is 2. The second kappa shape index (κ2) is 9.26. The molecule has 154 valence electrons. The molecule has 2 aromatic carbocycles. The quantitative estimate of drug-likeness (QED) is 0.634. The van der Waals surface area contributed by atoms with Crippen LogP contribution in [0.1, 0.15) is 30.0 Å². The van der Waals surface area contributed by atoms with Crippen LogP contribution in [-0.2, 0) is 11.3 Å². The fourth-order valence-corrected chi connectivity index (χ4v) is 3.63. The normalized spacial score (nSPS) is 14.5. The molecule has 1 aliphatic rings. The van der Waals surface area contributed by atoms with E-state index in [1.807, 2.05) is 71.8 Å². The van der Waals surface area contributed by atoms with E-state index in [2.05, 4.69) is 15.7 Å². The number of aromatic nitrogens is 2. The van der Waals surface area contributed by atoms with Crippen molar-refractivity contribution in [2.24, 2.45) is 0 Å². The van der Waals surface area contributed by atoms with Gasteiger partial charge in [0.15, 0.2) is 5.82 Å². The first-order valence-corrected chi connectivity index (χ1v) is 10.1. The number of likely N-dealkylation sites (tertiary alicyclic amines) is 1. The van der Waals surface area contributed by atoms with E-state index in [-0.39, 0.29) is 18.0 Å². The highest BCUT2D eigenvalue weighted by Gasteiger charge is 2.25. The van der Waals surface area contributed by atoms with E-state index in [4.69, 9.17) is 0 Å². The summed E-state index contributed by atoms with van der Waals surface area (Å²) in [5, 5.41) is 10.2. The summed E-state index contributed by atoms with van der Waals surface area (Å²) < 4.78 is 1.78. The van der Waals surface area contributed by atoms with Crippen LogP contribution >= 0.6 is 0 Å². The van der Waals surface area contributed by atoms with E-state index in [1.54, 1.807) is 10.7 Å². The molecule has 0 spiro atoms. The molecule has 1 atom stereocenters. The van der Waals surface area contributed by atoms with Crippen molar-refractivity contribution < 1.29 is 9.59 Å². The van der Waals surface area contributed by atoms with Gasteiger partial charge in [0.05, 0.1) is 12.6 Å². The number of urea groups is 1. The van der Waals surface area contributed by atoms with Crippen LogP contribution in [0.25, 0.3) is 0 Å². The Balaban J connectivity index is 1.39. The summed E-state index contributed by atoms with van der Waals surface area (Å²) in [6.07, 6.45) is 3.28. The molecule has 1 fully saturated rings. The molecule has 3 aromatic rings. The lowest BCUT2D eigenvalue weighted by molar-refractivity contribution is -0.128. The Morgan fingerprint density at radius 2 is 1.77 bits per heavy atom. The molecule has 1 aromatic heterocycles. The minimum atomic E-state index is -0.347. The van der Waals surface area contributed by atoms with Gasteiger partial charge in [-0.05, 0) is 17.5 Å². The molecule has 0 saturated carbocycles. The average Bonchev–Trinajstić information content (AvgIpc) is 3.37. The van der Waals surface area contributed by atoms with Crippen molar-refractivity contribution in [2.45, 2.75) is 25.4 Å². The highest BCUT2D eigenvalue weighted by molar-refractivity contribution is 5.88. The standard InChI is InChI=1S/C23H25N5O2/c29-22-12-7-14-27(22)17-20(19-10-5-2-6-11-19)24-23(30)25-21-13-15-28(26-21)16-18-8-3-1-4-9-18/h1-6,8-11,13,15,20H,7,12,14,16-17H2,(H2,24,25,26,30). The van der Waals surface area contributed by atoms with E-state index in [0.29, 0.717) is 25.3 Å². The second-order valence-electron chi connectivity index (χ2n) is 7.39. The van der Waals surface area contributed by atoms with Crippen LogP contribution in [0.3, 0.4) is 0 Å². The van der Waals surface area contributed by atoms with E-state index in [0.717, 1.165) is 24.1 Å². The van der Waals surface area contributed by atoms with E-state index in [1.165, 1.54) is 0 Å². The maximum atomic E-state index is 12.6. The van der Waals surface area contributed by atoms with Crippen LogP contribution < -0.4 is 10.6 Å². The third kappa shape index (κ3) is 5.05. The first kappa shape index (κ1) is 19.7. The average molecular weight is 403 g/mol. The zero-order valence-corrected chi connectivity index (χ0v) is 16.7. The molecule has 0 radical (unpaired) electrons. The minimum Gasteiger partial charge on any atom is -0.340 e. The van der Waals surface area contributed by atoms with Gasteiger partial charge in [-0.25, -0.2) is 4.79 Å². The van der Waals surface area contributed by atoms with Crippen molar-refractivity contribution in [1.29, 1.82) is 0 Å². The van der Waals surface area contributed by atoms with Crippen molar-refractivity contribution in [1.82, 2.24) is 20.0 Å². The molecule has 4 rings (SSSR count). The lowest BCUT2D eigenvalue weighted by atomic mass is 10.1. The Morgan fingerprint density at radius 1 is 1.03 bits per heavy atom. The summed E-state index contributed by atoms with van der Waals surface area (Å²) in [5.74, 6) is 0.616. The smallest absolute Gasteiger partial charge is 0.320 e. The highest BCUT2D eigenvalue weighted by atomic mass is 16.2. The molecule has 7 heteroatoms. The van der Waals surface area contributed by atoms with Gasteiger partial charge in [0, 0.05) is 31.8 Å². The maximum Gasteiger partial charge on any atom is 0.320 e.